The van der Waals surface area contributed by atoms with E-state index in [1.165, 1.54) is 19.3 Å². The Labute approximate surface area is 195 Å². The monoisotopic (exact) mass is 442 g/mol. The third-order valence-corrected chi connectivity index (χ3v) is 12.5. The summed E-state index contributed by atoms with van der Waals surface area (Å²) in [6.07, 6.45) is 10.4. The van der Waals surface area contributed by atoms with Gasteiger partial charge >= 0.3 is 5.97 Å². The van der Waals surface area contributed by atoms with Crippen LogP contribution in [0.1, 0.15) is 106 Å². The van der Waals surface area contributed by atoms with Gasteiger partial charge in [0.2, 0.25) is 0 Å². The zero-order valence-corrected chi connectivity index (χ0v) is 21.3. The van der Waals surface area contributed by atoms with Crippen molar-refractivity contribution >= 4 is 5.97 Å². The Kier molecular flexibility index (Phi) is 5.08. The van der Waals surface area contributed by atoms with Crippen LogP contribution >= 0.6 is 0 Å². The van der Waals surface area contributed by atoms with Gasteiger partial charge in [-0.1, -0.05) is 52.7 Å². The van der Waals surface area contributed by atoms with Gasteiger partial charge < -0.3 is 10.2 Å². The molecule has 0 amide bonds. The highest BCUT2D eigenvalue weighted by Gasteiger charge is 2.64. The molecule has 0 heterocycles. The molecule has 3 heteroatoms. The number of rotatable bonds is 1. The highest BCUT2D eigenvalue weighted by molar-refractivity contribution is 5.76. The van der Waals surface area contributed by atoms with Gasteiger partial charge in [0.1, 0.15) is 0 Å². The predicted molar refractivity (Wildman–Crippen MR) is 128 cm³/mol. The molecule has 0 saturated heterocycles. The van der Waals surface area contributed by atoms with Crippen molar-refractivity contribution in [3.8, 4) is 0 Å². The average Bonchev–Trinajstić information content (AvgIpc) is 2.73. The number of hydrogen-bond acceptors (Lipinski definition) is 2. The number of aliphatic carboxylic acids is 1. The predicted octanol–water partition coefficient (Wildman–Crippen LogP) is 6.84. The van der Waals surface area contributed by atoms with Crippen LogP contribution in [0.4, 0.5) is 0 Å². The van der Waals surface area contributed by atoms with Crippen LogP contribution < -0.4 is 0 Å². The molecule has 3 fully saturated rings. The molecule has 2 N–H and O–H groups in total. The van der Waals surface area contributed by atoms with E-state index in [2.05, 4.69) is 41.5 Å². The lowest BCUT2D eigenvalue weighted by atomic mass is 9.38. The summed E-state index contributed by atoms with van der Waals surface area (Å²) in [5.41, 5.74) is 3.21. The molecule has 0 bridgehead atoms. The van der Waals surface area contributed by atoms with Crippen LogP contribution in [0.5, 0.6) is 0 Å². The van der Waals surface area contributed by atoms with Crippen molar-refractivity contribution in [1.29, 1.82) is 0 Å². The first-order valence-electron chi connectivity index (χ1n) is 13.5. The molecule has 3 saturated carbocycles. The molecule has 5 aliphatic carbocycles. The van der Waals surface area contributed by atoms with Crippen LogP contribution in [0.25, 0.3) is 0 Å². The van der Waals surface area contributed by atoms with Crippen LogP contribution in [-0.2, 0) is 4.79 Å². The van der Waals surface area contributed by atoms with Crippen molar-refractivity contribution < 1.29 is 15.0 Å². The summed E-state index contributed by atoms with van der Waals surface area (Å²) in [6, 6.07) is 0. The fraction of sp³-hybridized carbons (Fsp3) is 0.897. The van der Waals surface area contributed by atoms with Crippen LogP contribution in [0, 0.1) is 51.2 Å². The Balaban J connectivity index is 1.58. The van der Waals surface area contributed by atoms with E-state index in [0.29, 0.717) is 23.7 Å². The molecule has 5 rings (SSSR count). The molecule has 0 aliphatic heterocycles. The van der Waals surface area contributed by atoms with Crippen molar-refractivity contribution in [1.82, 2.24) is 0 Å². The van der Waals surface area contributed by atoms with E-state index in [0.717, 1.165) is 44.9 Å². The second-order valence-electron chi connectivity index (χ2n) is 13.8. The average molecular weight is 443 g/mol. The molecular weight excluding hydrogens is 396 g/mol. The van der Waals surface area contributed by atoms with E-state index in [1.807, 2.05) is 0 Å². The molecule has 9 atom stereocenters. The molecule has 0 aromatic heterocycles. The van der Waals surface area contributed by atoms with Crippen LogP contribution in [0.3, 0.4) is 0 Å². The lowest BCUT2D eigenvalue weighted by Crippen LogP contribution is -2.60. The number of allylic oxidation sites excluding steroid dienone is 2. The molecule has 5 aliphatic rings. The van der Waals surface area contributed by atoms with Crippen LogP contribution in [-0.4, -0.2) is 22.3 Å². The lowest BCUT2D eigenvalue weighted by Gasteiger charge is -2.67. The molecule has 180 valence electrons. The highest BCUT2D eigenvalue weighted by Crippen LogP contribution is 2.71. The maximum Gasteiger partial charge on any atom is 0.310 e. The molecule has 0 unspecified atom stereocenters. The third-order valence-electron chi connectivity index (χ3n) is 12.5. The smallest absolute Gasteiger partial charge is 0.310 e. The standard InChI is InChI=1S/C29H46O3/c1-17-9-15-29(25(31)32)16-10-20-19(24(29)18(17)2)7-8-22-27(20,5)13-11-21-26(3,4)23(30)12-14-28(21,22)6/h17-18,21-24,30H,7-16H2,1-6H3,(H,31,32)/t17-,18+,21+,22+,23+,24+,27+,28+,29+/m1/s1. The van der Waals surface area contributed by atoms with Gasteiger partial charge in [-0.2, -0.15) is 0 Å². The zero-order chi connectivity index (χ0) is 23.3. The largest absolute Gasteiger partial charge is 0.481 e. The molecule has 0 spiro atoms. The number of aliphatic hydroxyl groups is 1. The fourth-order valence-electron chi connectivity index (χ4n) is 10.5. The SMILES string of the molecule is C[C@H]1[C@H](C)CC[C@]2(C(=O)O)CCC3=C(CC[C@@H]4[C@@]5(C)CC[C@H](O)C(C)(C)[C@@H]5CC[C@@]34C)[C@H]12. The second-order valence-corrected chi connectivity index (χ2v) is 13.8. The summed E-state index contributed by atoms with van der Waals surface area (Å²) in [4.78, 5) is 12.7. The fourth-order valence-corrected chi connectivity index (χ4v) is 10.5. The third kappa shape index (κ3) is 2.72. The van der Waals surface area contributed by atoms with E-state index in [-0.39, 0.29) is 28.3 Å². The number of carbonyl (C=O) groups is 1. The van der Waals surface area contributed by atoms with Gasteiger partial charge in [0.15, 0.2) is 0 Å². The van der Waals surface area contributed by atoms with E-state index in [4.69, 9.17) is 0 Å². The van der Waals surface area contributed by atoms with E-state index >= 15 is 0 Å². The van der Waals surface area contributed by atoms with Crippen LogP contribution in [0.2, 0.25) is 0 Å². The summed E-state index contributed by atoms with van der Waals surface area (Å²) in [5, 5.41) is 21.3. The minimum Gasteiger partial charge on any atom is -0.481 e. The maximum atomic E-state index is 12.7. The summed E-state index contributed by atoms with van der Waals surface area (Å²) < 4.78 is 0. The first kappa shape index (κ1) is 22.9. The summed E-state index contributed by atoms with van der Waals surface area (Å²) in [7, 11) is 0. The Hall–Kier alpha value is -0.830. The Morgan fingerprint density at radius 1 is 0.875 bits per heavy atom. The molecule has 3 nitrogen and oxygen atoms in total. The molecule has 0 radical (unpaired) electrons. The minimum atomic E-state index is -0.529. The van der Waals surface area contributed by atoms with Crippen molar-refractivity contribution in [2.24, 2.45) is 51.2 Å². The van der Waals surface area contributed by atoms with Gasteiger partial charge in [0.25, 0.3) is 0 Å². The Morgan fingerprint density at radius 2 is 1.59 bits per heavy atom. The van der Waals surface area contributed by atoms with Gasteiger partial charge in [-0.15, -0.1) is 0 Å². The van der Waals surface area contributed by atoms with Gasteiger partial charge in [0, 0.05) is 0 Å². The maximum absolute atomic E-state index is 12.7. The zero-order valence-electron chi connectivity index (χ0n) is 21.3. The first-order valence-corrected chi connectivity index (χ1v) is 13.5. The van der Waals surface area contributed by atoms with E-state index < -0.39 is 11.4 Å². The number of carboxylic acid groups (broad SMARTS) is 1. The van der Waals surface area contributed by atoms with Crippen molar-refractivity contribution in [3.05, 3.63) is 11.1 Å². The van der Waals surface area contributed by atoms with Gasteiger partial charge in [0.05, 0.1) is 11.5 Å². The van der Waals surface area contributed by atoms with Gasteiger partial charge in [-0.3, -0.25) is 4.79 Å². The van der Waals surface area contributed by atoms with Crippen LogP contribution in [0.15, 0.2) is 11.1 Å². The minimum absolute atomic E-state index is 0.0126. The lowest BCUT2D eigenvalue weighted by molar-refractivity contribution is -0.172. The second kappa shape index (κ2) is 7.09. The number of carboxylic acids is 1. The van der Waals surface area contributed by atoms with E-state index in [9.17, 15) is 15.0 Å². The van der Waals surface area contributed by atoms with Crippen molar-refractivity contribution in [3.63, 3.8) is 0 Å². The number of fused-ring (bicyclic) bond motifs is 6. The van der Waals surface area contributed by atoms with E-state index in [1.54, 1.807) is 11.1 Å². The van der Waals surface area contributed by atoms with Crippen molar-refractivity contribution in [2.45, 2.75) is 112 Å². The Bertz CT molecular complexity index is 841. The topological polar surface area (TPSA) is 57.5 Å². The molecule has 32 heavy (non-hydrogen) atoms. The highest BCUT2D eigenvalue weighted by atomic mass is 16.4. The van der Waals surface area contributed by atoms with Crippen molar-refractivity contribution in [2.75, 3.05) is 0 Å². The number of hydrogen-bond donors (Lipinski definition) is 2. The quantitative estimate of drug-likeness (QED) is 0.437. The molecule has 0 aromatic carbocycles. The first-order chi connectivity index (χ1) is 14.9. The molecule has 0 aromatic rings. The molecular formula is C29H46O3. The van der Waals surface area contributed by atoms with Gasteiger partial charge in [-0.25, -0.2) is 0 Å². The number of aliphatic hydroxyl groups excluding tert-OH is 1. The van der Waals surface area contributed by atoms with Gasteiger partial charge in [-0.05, 0) is 110 Å². The summed E-state index contributed by atoms with van der Waals surface area (Å²) in [6.45, 7) is 14.4. The summed E-state index contributed by atoms with van der Waals surface area (Å²) in [5.74, 6) is 2.01. The summed E-state index contributed by atoms with van der Waals surface area (Å²) >= 11 is 0. The Morgan fingerprint density at radius 3 is 2.28 bits per heavy atom. The normalized spacial score (nSPS) is 52.3.